The molecule has 7 nitrogen and oxygen atoms in total. The fourth-order valence-electron chi connectivity index (χ4n) is 3.18. The molecule has 3 N–H and O–H groups in total. The fraction of sp³-hybridized carbons (Fsp3) is 0.391. The number of benzene rings is 2. The van der Waals surface area contributed by atoms with Gasteiger partial charge in [-0.05, 0) is 50.6 Å². The second-order valence-electron chi connectivity index (χ2n) is 7.40. The molecule has 31 heavy (non-hydrogen) atoms. The van der Waals surface area contributed by atoms with Gasteiger partial charge in [0.1, 0.15) is 18.1 Å². The molecule has 168 valence electrons. The Kier molecular flexibility index (Phi) is 9.57. The molecule has 1 unspecified atom stereocenters. The van der Waals surface area contributed by atoms with Crippen LogP contribution in [0.3, 0.4) is 0 Å². The number of aryl methyl sites for hydroxylation is 1. The lowest BCUT2D eigenvalue weighted by atomic mass is 10.1. The predicted molar refractivity (Wildman–Crippen MR) is 136 cm³/mol. The maximum absolute atomic E-state index is 10.5. The van der Waals surface area contributed by atoms with Gasteiger partial charge in [0.05, 0.1) is 23.2 Å². The number of guanidine groups is 1. The van der Waals surface area contributed by atoms with Crippen LogP contribution < -0.4 is 15.4 Å². The van der Waals surface area contributed by atoms with Crippen LogP contribution in [0.5, 0.6) is 5.75 Å². The molecule has 0 aliphatic heterocycles. The summed E-state index contributed by atoms with van der Waals surface area (Å²) in [6.07, 6.45) is -0.532. The molecule has 0 radical (unpaired) electrons. The maximum Gasteiger partial charge on any atom is 0.191 e. The molecule has 0 fully saturated rings. The molecule has 0 spiro atoms. The Balaban J connectivity index is 0.00000341. The summed E-state index contributed by atoms with van der Waals surface area (Å²) in [6.45, 7) is 7.50. The van der Waals surface area contributed by atoms with E-state index in [1.807, 2.05) is 76.3 Å². The largest absolute Gasteiger partial charge is 0.491 e. The van der Waals surface area contributed by atoms with Gasteiger partial charge in [0.2, 0.25) is 0 Å². The first kappa shape index (κ1) is 24.9. The van der Waals surface area contributed by atoms with Crippen molar-refractivity contribution < 1.29 is 9.84 Å². The second-order valence-corrected chi connectivity index (χ2v) is 7.40. The molecule has 3 rings (SSSR count). The van der Waals surface area contributed by atoms with E-state index < -0.39 is 6.10 Å². The van der Waals surface area contributed by atoms with Crippen molar-refractivity contribution in [3.8, 4) is 5.75 Å². The van der Waals surface area contributed by atoms with Gasteiger partial charge in [-0.25, -0.2) is 9.98 Å². The lowest BCUT2D eigenvalue weighted by Gasteiger charge is -2.16. The topological polar surface area (TPSA) is 83.7 Å². The van der Waals surface area contributed by atoms with Crippen LogP contribution in [0, 0.1) is 0 Å². The Morgan fingerprint density at radius 1 is 1.13 bits per heavy atom. The third-order valence-corrected chi connectivity index (χ3v) is 4.70. The van der Waals surface area contributed by atoms with Gasteiger partial charge in [-0.2, -0.15) is 0 Å². The maximum atomic E-state index is 10.5. The van der Waals surface area contributed by atoms with Crippen LogP contribution in [0.25, 0.3) is 11.0 Å². The second kappa shape index (κ2) is 11.9. The minimum atomic E-state index is -0.655. The van der Waals surface area contributed by atoms with E-state index in [1.54, 1.807) is 0 Å². The lowest BCUT2D eigenvalue weighted by Crippen LogP contribution is -2.39. The number of rotatable bonds is 8. The summed E-state index contributed by atoms with van der Waals surface area (Å²) in [5.74, 6) is 2.32. The monoisotopic (exact) mass is 537 g/mol. The van der Waals surface area contributed by atoms with E-state index in [2.05, 4.69) is 25.2 Å². The van der Waals surface area contributed by atoms with Crippen LogP contribution >= 0.6 is 24.0 Å². The van der Waals surface area contributed by atoms with E-state index in [4.69, 9.17) is 4.74 Å². The summed E-state index contributed by atoms with van der Waals surface area (Å²) in [4.78, 5) is 9.29. The highest BCUT2D eigenvalue weighted by molar-refractivity contribution is 14.0. The number of fused-ring (bicyclic) bond motifs is 1. The third kappa shape index (κ3) is 6.83. The van der Waals surface area contributed by atoms with Gasteiger partial charge in [0.15, 0.2) is 5.96 Å². The molecule has 1 atom stereocenters. The molecule has 0 aliphatic carbocycles. The van der Waals surface area contributed by atoms with Gasteiger partial charge in [-0.3, -0.25) is 0 Å². The average molecular weight is 537 g/mol. The first-order chi connectivity index (χ1) is 14.5. The van der Waals surface area contributed by atoms with E-state index in [-0.39, 0.29) is 30.1 Å². The minimum Gasteiger partial charge on any atom is -0.491 e. The van der Waals surface area contributed by atoms with Crippen molar-refractivity contribution in [1.29, 1.82) is 0 Å². The molecule has 0 bridgehead atoms. The number of aliphatic imine (C=N–C) groups is 1. The SMILES string of the molecule is CCNC(=NCc1nc2ccccc2n1C)NCC(O)c1ccc(OC(C)C)cc1.I. The van der Waals surface area contributed by atoms with Gasteiger partial charge in [0, 0.05) is 20.1 Å². The van der Waals surface area contributed by atoms with Gasteiger partial charge < -0.3 is 25.0 Å². The molecule has 8 heteroatoms. The van der Waals surface area contributed by atoms with Crippen LogP contribution in [0.15, 0.2) is 53.5 Å². The highest BCUT2D eigenvalue weighted by Crippen LogP contribution is 2.18. The number of hydrogen-bond acceptors (Lipinski definition) is 4. The number of aliphatic hydroxyl groups excluding tert-OH is 1. The van der Waals surface area contributed by atoms with Crippen molar-refractivity contribution in [1.82, 2.24) is 20.2 Å². The average Bonchev–Trinajstić information content (AvgIpc) is 3.06. The van der Waals surface area contributed by atoms with Gasteiger partial charge in [-0.15, -0.1) is 24.0 Å². The normalized spacial score (nSPS) is 12.5. The Bertz CT molecular complexity index is 985. The molecule has 0 saturated heterocycles. The molecule has 1 heterocycles. The number of hydrogen-bond donors (Lipinski definition) is 3. The van der Waals surface area contributed by atoms with Crippen LogP contribution in [0.2, 0.25) is 0 Å². The van der Waals surface area contributed by atoms with Crippen LogP contribution in [0.4, 0.5) is 0 Å². The molecular formula is C23H32IN5O2. The standard InChI is InChI=1S/C23H31N5O2.HI/c1-5-24-23(26-15-22-27-19-8-6-7-9-20(19)28(22)4)25-14-21(29)17-10-12-18(13-11-17)30-16(2)3;/h6-13,16,21,29H,5,14-15H2,1-4H3,(H2,24,25,26);1H. The summed E-state index contributed by atoms with van der Waals surface area (Å²) in [6, 6.07) is 15.6. The number of nitrogens with one attached hydrogen (secondary N) is 2. The molecule has 0 amide bonds. The molecular weight excluding hydrogens is 505 g/mol. The van der Waals surface area contributed by atoms with Gasteiger partial charge >= 0.3 is 0 Å². The van der Waals surface area contributed by atoms with Gasteiger partial charge in [0.25, 0.3) is 0 Å². The van der Waals surface area contributed by atoms with Crippen molar-refractivity contribution >= 4 is 41.0 Å². The van der Waals surface area contributed by atoms with E-state index >= 15 is 0 Å². The zero-order valence-electron chi connectivity index (χ0n) is 18.5. The van der Waals surface area contributed by atoms with E-state index in [1.165, 1.54) is 0 Å². The van der Waals surface area contributed by atoms with Crippen molar-refractivity contribution in [3.05, 3.63) is 59.9 Å². The summed E-state index contributed by atoms with van der Waals surface area (Å²) in [5, 5.41) is 17.0. The fourth-order valence-corrected chi connectivity index (χ4v) is 3.18. The molecule has 1 aromatic heterocycles. The van der Waals surface area contributed by atoms with Crippen molar-refractivity contribution in [2.45, 2.75) is 39.5 Å². The molecule has 0 aliphatic rings. The summed E-state index contributed by atoms with van der Waals surface area (Å²) in [7, 11) is 2.00. The van der Waals surface area contributed by atoms with Crippen molar-refractivity contribution in [2.75, 3.05) is 13.1 Å². The lowest BCUT2D eigenvalue weighted by molar-refractivity contribution is 0.180. The Morgan fingerprint density at radius 2 is 1.84 bits per heavy atom. The summed E-state index contributed by atoms with van der Waals surface area (Å²) in [5.41, 5.74) is 2.87. The van der Waals surface area contributed by atoms with Crippen LogP contribution in [-0.2, 0) is 13.6 Å². The molecule has 2 aromatic carbocycles. The minimum absolute atomic E-state index is 0. The summed E-state index contributed by atoms with van der Waals surface area (Å²) < 4.78 is 7.70. The van der Waals surface area contributed by atoms with E-state index in [9.17, 15) is 5.11 Å². The number of halogens is 1. The number of nitrogens with zero attached hydrogens (tertiary/aromatic N) is 3. The number of ether oxygens (including phenoxy) is 1. The number of imidazole rings is 1. The van der Waals surface area contributed by atoms with Crippen LogP contribution in [-0.4, -0.2) is 39.8 Å². The number of aliphatic hydroxyl groups is 1. The van der Waals surface area contributed by atoms with E-state index in [0.717, 1.165) is 34.7 Å². The Morgan fingerprint density at radius 3 is 2.48 bits per heavy atom. The zero-order chi connectivity index (χ0) is 21.5. The number of aromatic nitrogens is 2. The first-order valence-corrected chi connectivity index (χ1v) is 10.3. The third-order valence-electron chi connectivity index (χ3n) is 4.70. The highest BCUT2D eigenvalue weighted by Gasteiger charge is 2.10. The highest BCUT2D eigenvalue weighted by atomic mass is 127. The smallest absolute Gasteiger partial charge is 0.191 e. The quantitative estimate of drug-likeness (QED) is 0.232. The first-order valence-electron chi connectivity index (χ1n) is 10.3. The molecule has 0 saturated carbocycles. The Labute approximate surface area is 201 Å². The van der Waals surface area contributed by atoms with Crippen molar-refractivity contribution in [2.24, 2.45) is 12.0 Å². The Hall–Kier alpha value is -2.33. The predicted octanol–water partition coefficient (Wildman–Crippen LogP) is 3.77. The van der Waals surface area contributed by atoms with E-state index in [0.29, 0.717) is 19.0 Å². The molecule has 3 aromatic rings. The zero-order valence-corrected chi connectivity index (χ0v) is 20.8. The summed E-state index contributed by atoms with van der Waals surface area (Å²) >= 11 is 0. The number of para-hydroxylation sites is 2. The van der Waals surface area contributed by atoms with Gasteiger partial charge in [-0.1, -0.05) is 24.3 Å². The van der Waals surface area contributed by atoms with Crippen molar-refractivity contribution in [3.63, 3.8) is 0 Å². The van der Waals surface area contributed by atoms with Crippen LogP contribution in [0.1, 0.15) is 38.3 Å².